The average molecular weight is 393 g/mol. The topological polar surface area (TPSA) is 83.8 Å². The van der Waals surface area contributed by atoms with E-state index in [1.165, 1.54) is 13.8 Å². The molecule has 0 aromatic carbocycles. The van der Waals surface area contributed by atoms with Crippen molar-refractivity contribution < 1.29 is 24.5 Å². The standard InChI is InChI=1S/C23H36O5/c1-8-18-12-16(4)10-15(3)11-17(5)19(9-2)28-21(26)22(6,7)20(25)23(27,13-18)14-24/h11-12,16,19,24,27H,3,8-10,13-14H2,1-2,4-7H3/b17-11+,18-12+/t16-,19-,23-/m0/s1. The van der Waals surface area contributed by atoms with Gasteiger partial charge in [0.15, 0.2) is 11.4 Å². The number of aliphatic hydroxyl groups excluding tert-OH is 1. The van der Waals surface area contributed by atoms with E-state index in [1.54, 1.807) is 0 Å². The van der Waals surface area contributed by atoms with Crippen molar-refractivity contribution in [1.29, 1.82) is 0 Å². The van der Waals surface area contributed by atoms with Crippen molar-refractivity contribution >= 4 is 11.8 Å². The summed E-state index contributed by atoms with van der Waals surface area (Å²) in [4.78, 5) is 25.9. The van der Waals surface area contributed by atoms with Gasteiger partial charge in [-0.2, -0.15) is 0 Å². The number of carbonyl (C=O) groups is 2. The fourth-order valence-electron chi connectivity index (χ4n) is 3.68. The van der Waals surface area contributed by atoms with Crippen molar-refractivity contribution in [2.75, 3.05) is 6.61 Å². The minimum absolute atomic E-state index is 0.0154. The summed E-state index contributed by atoms with van der Waals surface area (Å²) in [5.41, 5.74) is -0.964. The number of aliphatic hydroxyl groups is 2. The Bertz CT molecular complexity index is 670. The summed E-state index contributed by atoms with van der Waals surface area (Å²) in [5.74, 6) is -1.28. The van der Waals surface area contributed by atoms with E-state index in [9.17, 15) is 19.8 Å². The lowest BCUT2D eigenvalue weighted by Gasteiger charge is -2.34. The molecule has 28 heavy (non-hydrogen) atoms. The smallest absolute Gasteiger partial charge is 0.319 e. The first-order valence-corrected chi connectivity index (χ1v) is 10.1. The first-order chi connectivity index (χ1) is 12.9. The molecular weight excluding hydrogens is 356 g/mol. The predicted molar refractivity (Wildman–Crippen MR) is 111 cm³/mol. The maximum atomic E-state index is 13.1. The van der Waals surface area contributed by atoms with Gasteiger partial charge in [-0.15, -0.1) is 0 Å². The van der Waals surface area contributed by atoms with E-state index < -0.39 is 35.5 Å². The molecule has 0 fully saturated rings. The van der Waals surface area contributed by atoms with Gasteiger partial charge in [0, 0.05) is 6.42 Å². The Morgan fingerprint density at radius 2 is 1.89 bits per heavy atom. The highest BCUT2D eigenvalue weighted by atomic mass is 16.5. The summed E-state index contributed by atoms with van der Waals surface area (Å²) >= 11 is 0. The van der Waals surface area contributed by atoms with Gasteiger partial charge in [0.1, 0.15) is 11.5 Å². The highest BCUT2D eigenvalue weighted by Gasteiger charge is 2.49. The van der Waals surface area contributed by atoms with Crippen molar-refractivity contribution in [2.45, 2.75) is 78.9 Å². The number of esters is 1. The quantitative estimate of drug-likeness (QED) is 0.432. The molecule has 5 heteroatoms. The molecule has 0 aliphatic carbocycles. The maximum absolute atomic E-state index is 13.1. The molecule has 0 bridgehead atoms. The van der Waals surface area contributed by atoms with Crippen LogP contribution in [0.2, 0.25) is 0 Å². The van der Waals surface area contributed by atoms with Crippen LogP contribution in [-0.2, 0) is 14.3 Å². The van der Waals surface area contributed by atoms with Gasteiger partial charge < -0.3 is 14.9 Å². The van der Waals surface area contributed by atoms with Crippen LogP contribution in [0.1, 0.15) is 67.2 Å². The molecule has 0 aromatic heterocycles. The molecular formula is C23H36O5. The fraction of sp³-hybridized carbons (Fsp3) is 0.652. The highest BCUT2D eigenvalue weighted by molar-refractivity contribution is 6.07. The lowest BCUT2D eigenvalue weighted by atomic mass is 9.75. The summed E-state index contributed by atoms with van der Waals surface area (Å²) in [7, 11) is 0. The Labute approximate surface area is 169 Å². The molecule has 0 amide bonds. The van der Waals surface area contributed by atoms with Crippen LogP contribution < -0.4 is 0 Å². The number of ether oxygens (including phenoxy) is 1. The van der Waals surface area contributed by atoms with E-state index >= 15 is 0 Å². The molecule has 3 atom stereocenters. The molecule has 1 aliphatic rings. The number of allylic oxidation sites excluding steroid dienone is 3. The van der Waals surface area contributed by atoms with Gasteiger partial charge >= 0.3 is 5.97 Å². The zero-order valence-corrected chi connectivity index (χ0v) is 18.2. The predicted octanol–water partition coefficient (Wildman–Crippen LogP) is 3.90. The largest absolute Gasteiger partial charge is 0.457 e. The van der Waals surface area contributed by atoms with Crippen molar-refractivity contribution in [3.05, 3.63) is 35.5 Å². The first-order valence-electron chi connectivity index (χ1n) is 10.1. The van der Waals surface area contributed by atoms with Crippen LogP contribution in [0.5, 0.6) is 0 Å². The van der Waals surface area contributed by atoms with E-state index in [0.717, 1.165) is 16.7 Å². The molecule has 1 rings (SSSR count). The third-order valence-corrected chi connectivity index (χ3v) is 5.40. The van der Waals surface area contributed by atoms with Gasteiger partial charge in [-0.05, 0) is 51.5 Å². The molecule has 0 saturated heterocycles. The van der Waals surface area contributed by atoms with Gasteiger partial charge in [0.05, 0.1) is 6.61 Å². The summed E-state index contributed by atoms with van der Waals surface area (Å²) in [6.45, 7) is 14.0. The monoisotopic (exact) mass is 392 g/mol. The molecule has 0 radical (unpaired) electrons. The molecule has 0 saturated carbocycles. The third kappa shape index (κ3) is 5.65. The van der Waals surface area contributed by atoms with Gasteiger partial charge in [0.25, 0.3) is 0 Å². The zero-order valence-electron chi connectivity index (χ0n) is 18.2. The molecule has 1 aliphatic heterocycles. The van der Waals surface area contributed by atoms with Crippen molar-refractivity contribution in [2.24, 2.45) is 11.3 Å². The highest BCUT2D eigenvalue weighted by Crippen LogP contribution is 2.33. The zero-order chi connectivity index (χ0) is 21.7. The molecule has 2 N–H and O–H groups in total. The minimum Gasteiger partial charge on any atom is -0.457 e. The Morgan fingerprint density at radius 3 is 2.39 bits per heavy atom. The minimum atomic E-state index is -2.03. The Kier molecular flexibility index (Phi) is 8.39. The first kappa shape index (κ1) is 24.3. The second-order valence-electron chi connectivity index (χ2n) is 8.53. The van der Waals surface area contributed by atoms with Crippen molar-refractivity contribution in [3.63, 3.8) is 0 Å². The van der Waals surface area contributed by atoms with Crippen LogP contribution in [0.25, 0.3) is 0 Å². The van der Waals surface area contributed by atoms with Gasteiger partial charge in [0.2, 0.25) is 0 Å². The summed E-state index contributed by atoms with van der Waals surface area (Å²) in [6, 6.07) is 0. The Hall–Kier alpha value is -1.72. The number of hydrogen-bond donors (Lipinski definition) is 2. The SMILES string of the molecule is C=C1/C=C(\C)[C@H](CC)OC(=O)C(C)(C)C(=O)[C@@](O)(CO)C/C(CC)=C/[C@@H](C)C1. The van der Waals surface area contributed by atoms with Crippen LogP contribution >= 0.6 is 0 Å². The lowest BCUT2D eigenvalue weighted by Crippen LogP contribution is -2.53. The number of ketones is 1. The van der Waals surface area contributed by atoms with Crippen LogP contribution in [0.15, 0.2) is 35.5 Å². The van der Waals surface area contributed by atoms with E-state index in [4.69, 9.17) is 4.74 Å². The number of hydrogen-bond acceptors (Lipinski definition) is 5. The summed E-state index contributed by atoms with van der Waals surface area (Å²) < 4.78 is 5.63. The van der Waals surface area contributed by atoms with E-state index in [1.807, 2.05) is 32.9 Å². The summed E-state index contributed by atoms with van der Waals surface area (Å²) in [5, 5.41) is 20.8. The number of carbonyl (C=O) groups excluding carboxylic acids is 2. The summed E-state index contributed by atoms with van der Waals surface area (Å²) in [6.07, 6.45) is 5.38. The second kappa shape index (κ2) is 9.66. The van der Waals surface area contributed by atoms with Crippen LogP contribution in [0.4, 0.5) is 0 Å². The Balaban J connectivity index is 3.49. The van der Waals surface area contributed by atoms with Crippen LogP contribution in [-0.4, -0.2) is 40.3 Å². The van der Waals surface area contributed by atoms with Crippen molar-refractivity contribution in [1.82, 2.24) is 0 Å². The van der Waals surface area contributed by atoms with Gasteiger partial charge in [-0.25, -0.2) is 0 Å². The molecule has 5 nitrogen and oxygen atoms in total. The van der Waals surface area contributed by atoms with Crippen molar-refractivity contribution in [3.8, 4) is 0 Å². The fourth-order valence-corrected chi connectivity index (χ4v) is 3.68. The number of cyclic esters (lactones) is 1. The number of rotatable bonds is 3. The van der Waals surface area contributed by atoms with E-state index in [-0.39, 0.29) is 12.3 Å². The number of Topliss-reactive ketones (excluding diaryl/α,β-unsaturated/α-hetero) is 1. The van der Waals surface area contributed by atoms with E-state index in [2.05, 4.69) is 13.5 Å². The average Bonchev–Trinajstić information content (AvgIpc) is 2.63. The molecule has 1 heterocycles. The molecule has 0 spiro atoms. The van der Waals surface area contributed by atoms with E-state index in [0.29, 0.717) is 19.3 Å². The molecule has 0 aromatic rings. The normalized spacial score (nSPS) is 33.9. The van der Waals surface area contributed by atoms with Crippen LogP contribution in [0, 0.1) is 11.3 Å². The van der Waals surface area contributed by atoms with Crippen LogP contribution in [0.3, 0.4) is 0 Å². The maximum Gasteiger partial charge on any atom is 0.319 e. The third-order valence-electron chi connectivity index (χ3n) is 5.40. The molecule has 0 unspecified atom stereocenters. The second-order valence-corrected chi connectivity index (χ2v) is 8.53. The Morgan fingerprint density at radius 1 is 1.29 bits per heavy atom. The van der Waals surface area contributed by atoms with Gasteiger partial charge in [-0.3, -0.25) is 9.59 Å². The van der Waals surface area contributed by atoms with Gasteiger partial charge in [-0.1, -0.05) is 50.6 Å². The lowest BCUT2D eigenvalue weighted by molar-refractivity contribution is -0.170. The molecule has 158 valence electrons.